The summed E-state index contributed by atoms with van der Waals surface area (Å²) in [7, 11) is 0. The van der Waals surface area contributed by atoms with Crippen LogP contribution in [0.15, 0.2) is 109 Å². The van der Waals surface area contributed by atoms with Crippen molar-refractivity contribution in [3.63, 3.8) is 0 Å². The van der Waals surface area contributed by atoms with Crippen molar-refractivity contribution in [1.29, 1.82) is 0 Å². The molecule has 0 atom stereocenters. The fourth-order valence-electron chi connectivity index (χ4n) is 5.83. The van der Waals surface area contributed by atoms with E-state index in [1.54, 1.807) is 0 Å². The molecule has 178 valence electrons. The molecule has 0 spiro atoms. The van der Waals surface area contributed by atoms with Gasteiger partial charge in [-0.25, -0.2) is 9.97 Å². The van der Waals surface area contributed by atoms with Gasteiger partial charge in [0.15, 0.2) is 0 Å². The van der Waals surface area contributed by atoms with Gasteiger partial charge in [-0.15, -0.1) is 0 Å². The second-order valence-electron chi connectivity index (χ2n) is 9.81. The fourth-order valence-corrected chi connectivity index (χ4v) is 5.83. The highest BCUT2D eigenvalue weighted by molar-refractivity contribution is 5.94. The van der Waals surface area contributed by atoms with Gasteiger partial charge in [0.2, 0.25) is 11.6 Å². The van der Waals surface area contributed by atoms with Gasteiger partial charge >= 0.3 is 0 Å². The van der Waals surface area contributed by atoms with Crippen molar-refractivity contribution < 1.29 is 0 Å². The number of rotatable bonds is 2. The SMILES string of the molecule is c1cc(-c2ccc3[nH]c4nc5ccccc5n4c3c2)cc(-c2ccc3[nH]c4nc5ccccc5n4c3c2)c1. The highest BCUT2D eigenvalue weighted by Gasteiger charge is 2.13. The maximum Gasteiger partial charge on any atom is 0.213 e. The molecule has 2 N–H and O–H groups in total. The van der Waals surface area contributed by atoms with Crippen LogP contribution in [0, 0.1) is 0 Å². The number of nitrogens with zero attached hydrogens (tertiary/aromatic N) is 4. The molecule has 0 aliphatic heterocycles. The number of benzene rings is 5. The fraction of sp³-hybridized carbons (Fsp3) is 0. The molecule has 0 radical (unpaired) electrons. The minimum absolute atomic E-state index is 0.866. The molecule has 0 saturated carbocycles. The van der Waals surface area contributed by atoms with E-state index in [9.17, 15) is 0 Å². The van der Waals surface area contributed by atoms with Gasteiger partial charge in [0.1, 0.15) is 0 Å². The molecule has 6 nitrogen and oxygen atoms in total. The van der Waals surface area contributed by atoms with Crippen molar-refractivity contribution in [1.82, 2.24) is 28.7 Å². The molecule has 0 unspecified atom stereocenters. The molecule has 4 heterocycles. The number of nitrogens with one attached hydrogen (secondary N) is 2. The zero-order valence-corrected chi connectivity index (χ0v) is 20.2. The van der Waals surface area contributed by atoms with E-state index in [0.717, 1.165) is 55.7 Å². The molecular formula is C32H20N6. The second kappa shape index (κ2) is 7.11. The minimum atomic E-state index is 0.866. The maximum absolute atomic E-state index is 4.76. The normalized spacial score (nSPS) is 12.2. The average molecular weight is 489 g/mol. The first-order valence-electron chi connectivity index (χ1n) is 12.7. The van der Waals surface area contributed by atoms with E-state index in [1.165, 1.54) is 22.3 Å². The van der Waals surface area contributed by atoms with E-state index in [0.29, 0.717) is 0 Å². The number of aromatic nitrogens is 6. The van der Waals surface area contributed by atoms with Crippen molar-refractivity contribution >= 4 is 55.7 Å². The predicted octanol–water partition coefficient (Wildman–Crippen LogP) is 7.59. The molecule has 38 heavy (non-hydrogen) atoms. The summed E-state index contributed by atoms with van der Waals surface area (Å²) in [5.41, 5.74) is 13.3. The first-order chi connectivity index (χ1) is 18.8. The van der Waals surface area contributed by atoms with Gasteiger partial charge in [0.25, 0.3) is 0 Å². The Morgan fingerprint density at radius 1 is 0.421 bits per heavy atom. The lowest BCUT2D eigenvalue weighted by atomic mass is 9.98. The number of hydrogen-bond acceptors (Lipinski definition) is 2. The lowest BCUT2D eigenvalue weighted by molar-refractivity contribution is 1.28. The van der Waals surface area contributed by atoms with Gasteiger partial charge in [0.05, 0.1) is 44.1 Å². The summed E-state index contributed by atoms with van der Waals surface area (Å²) < 4.78 is 4.41. The maximum atomic E-state index is 4.76. The molecule has 0 bridgehead atoms. The summed E-state index contributed by atoms with van der Waals surface area (Å²) in [6, 6.07) is 38.4. The van der Waals surface area contributed by atoms with E-state index in [2.05, 4.69) is 116 Å². The van der Waals surface area contributed by atoms with Gasteiger partial charge in [-0.1, -0.05) is 54.6 Å². The van der Waals surface area contributed by atoms with Crippen molar-refractivity contribution in [2.45, 2.75) is 0 Å². The molecule has 4 aromatic heterocycles. The van der Waals surface area contributed by atoms with Crippen molar-refractivity contribution in [3.05, 3.63) is 109 Å². The standard InChI is InChI=1S/C32H20N6/c1-3-10-27-23(8-1)33-31-35-25-14-12-21(17-29(25)37(27)31)19-6-5-7-20(16-19)22-13-15-26-30(18-22)38-28-11-4-2-9-24(28)34-32(38)36-26/h1-18H,(H,33,35)(H,34,36). The smallest absolute Gasteiger partial charge is 0.213 e. The van der Waals surface area contributed by atoms with Crippen LogP contribution >= 0.6 is 0 Å². The zero-order valence-electron chi connectivity index (χ0n) is 20.2. The van der Waals surface area contributed by atoms with Crippen LogP contribution in [0.1, 0.15) is 0 Å². The summed E-state index contributed by atoms with van der Waals surface area (Å²) >= 11 is 0. The molecule has 9 aromatic rings. The summed E-state index contributed by atoms with van der Waals surface area (Å²) in [5.74, 6) is 1.73. The monoisotopic (exact) mass is 488 g/mol. The number of imidazole rings is 4. The van der Waals surface area contributed by atoms with Gasteiger partial charge in [-0.2, -0.15) is 0 Å². The minimum Gasteiger partial charge on any atom is -0.323 e. The van der Waals surface area contributed by atoms with Crippen LogP contribution in [-0.4, -0.2) is 28.7 Å². The van der Waals surface area contributed by atoms with Crippen LogP contribution in [0.2, 0.25) is 0 Å². The van der Waals surface area contributed by atoms with Gasteiger partial charge in [0, 0.05) is 0 Å². The van der Waals surface area contributed by atoms with Gasteiger partial charge < -0.3 is 9.97 Å². The van der Waals surface area contributed by atoms with Crippen LogP contribution in [0.25, 0.3) is 77.9 Å². The lowest BCUT2D eigenvalue weighted by Gasteiger charge is -2.07. The summed E-state index contributed by atoms with van der Waals surface area (Å²) in [4.78, 5) is 16.5. The Kier molecular flexibility index (Phi) is 3.70. The topological polar surface area (TPSA) is 66.2 Å². The third-order valence-corrected chi connectivity index (χ3v) is 7.62. The first kappa shape index (κ1) is 19.8. The Labute approximate surface area is 215 Å². The van der Waals surface area contributed by atoms with Gasteiger partial charge in [-0.05, 0) is 76.9 Å². The van der Waals surface area contributed by atoms with E-state index in [-0.39, 0.29) is 0 Å². The number of para-hydroxylation sites is 4. The van der Waals surface area contributed by atoms with Crippen molar-refractivity contribution in [2.24, 2.45) is 0 Å². The number of H-pyrrole nitrogens is 2. The largest absolute Gasteiger partial charge is 0.323 e. The molecule has 0 aliphatic carbocycles. The number of aromatic amines is 2. The highest BCUT2D eigenvalue weighted by atomic mass is 15.1. The third-order valence-electron chi connectivity index (χ3n) is 7.62. The van der Waals surface area contributed by atoms with Crippen LogP contribution in [-0.2, 0) is 0 Å². The molecule has 0 saturated heterocycles. The Hall–Kier alpha value is -5.36. The molecule has 0 fully saturated rings. The van der Waals surface area contributed by atoms with Crippen LogP contribution in [0.5, 0.6) is 0 Å². The van der Waals surface area contributed by atoms with Crippen molar-refractivity contribution in [2.75, 3.05) is 0 Å². The van der Waals surface area contributed by atoms with E-state index < -0.39 is 0 Å². The predicted molar refractivity (Wildman–Crippen MR) is 154 cm³/mol. The highest BCUT2D eigenvalue weighted by Crippen LogP contribution is 2.32. The van der Waals surface area contributed by atoms with E-state index in [1.807, 2.05) is 12.1 Å². The molecular weight excluding hydrogens is 468 g/mol. The Morgan fingerprint density at radius 2 is 0.895 bits per heavy atom. The van der Waals surface area contributed by atoms with E-state index >= 15 is 0 Å². The molecule has 0 amide bonds. The Balaban J connectivity index is 1.20. The van der Waals surface area contributed by atoms with Crippen LogP contribution in [0.3, 0.4) is 0 Å². The molecule has 5 aromatic carbocycles. The third kappa shape index (κ3) is 2.66. The zero-order chi connectivity index (χ0) is 24.8. The average Bonchev–Trinajstić information content (AvgIpc) is 3.69. The molecule has 9 rings (SSSR count). The van der Waals surface area contributed by atoms with Gasteiger partial charge in [-0.3, -0.25) is 8.80 Å². The van der Waals surface area contributed by atoms with Crippen LogP contribution in [0.4, 0.5) is 0 Å². The first-order valence-corrected chi connectivity index (χ1v) is 12.7. The number of hydrogen-bond donors (Lipinski definition) is 2. The Bertz CT molecular complexity index is 2200. The second-order valence-corrected chi connectivity index (χ2v) is 9.81. The molecule has 6 heteroatoms. The lowest BCUT2D eigenvalue weighted by Crippen LogP contribution is -1.85. The Morgan fingerprint density at radius 3 is 1.42 bits per heavy atom. The van der Waals surface area contributed by atoms with Crippen LogP contribution < -0.4 is 0 Å². The number of fused-ring (bicyclic) bond motifs is 10. The van der Waals surface area contributed by atoms with E-state index in [4.69, 9.17) is 9.97 Å². The van der Waals surface area contributed by atoms with Crippen molar-refractivity contribution in [3.8, 4) is 22.3 Å². The summed E-state index contributed by atoms with van der Waals surface area (Å²) in [6.07, 6.45) is 0. The summed E-state index contributed by atoms with van der Waals surface area (Å²) in [5, 5.41) is 0. The molecule has 0 aliphatic rings. The summed E-state index contributed by atoms with van der Waals surface area (Å²) in [6.45, 7) is 0. The quantitative estimate of drug-likeness (QED) is 0.263.